The van der Waals surface area contributed by atoms with Crippen molar-refractivity contribution in [3.05, 3.63) is 360 Å². The van der Waals surface area contributed by atoms with Crippen LogP contribution in [0, 0.1) is 11.6 Å². The SMILES string of the molecule is CC1(C)c2ccccc2-c2ccc(N(c3ccc4c(c3)C(C)(C)c3cccc5c3c-4c(-c3ccccc3)c3ccc(N(c4ccc6c(c4)C(C)(C)c4ccccc4-6)c4cc(-c6ccccc6)cc(-c6ccccc6)c4F)cc35)c3cc(-c4ccccc4)cc(-c4ccccc4)c3F)cc21. The van der Waals surface area contributed by atoms with Gasteiger partial charge in [0.2, 0.25) is 0 Å². The lowest BCUT2D eigenvalue weighted by Crippen LogP contribution is -2.25. The number of halogens is 2. The molecule has 3 aliphatic rings. The van der Waals surface area contributed by atoms with Crippen LogP contribution in [-0.4, -0.2) is 0 Å². The molecular formula is C95H70F2N2. The Hall–Kier alpha value is -11.7. The first-order valence-electron chi connectivity index (χ1n) is 34.4. The fourth-order valence-electron chi connectivity index (χ4n) is 17.0. The standard InChI is InChI=1S/C95H70F2N2/c1-93(2)80-40-24-22-37-70(80)72-47-43-67(56-83(72)93)98(86-53-64(59-27-12-7-13-28-59)51-77(91(86)96)61-31-16-9-17-32-61)66-45-49-75-79(55-66)74-39-26-42-82-89(74)90(88(75)63-35-20-11-21-36-63)76-50-46-69(58-85(76)95(82,5)6)99(68-44-48-73-71-38-23-25-41-81(71)94(3,4)84(73)57-68)87-54-65(60-29-14-8-15-30-60)52-78(92(87)97)62-33-18-10-19-34-62/h7-58H,1-6H3. The minimum Gasteiger partial charge on any atom is -0.308 e. The van der Waals surface area contributed by atoms with Crippen LogP contribution < -0.4 is 9.80 Å². The fourth-order valence-corrected chi connectivity index (χ4v) is 17.0. The van der Waals surface area contributed by atoms with Crippen LogP contribution in [0.5, 0.6) is 0 Å². The van der Waals surface area contributed by atoms with E-state index in [2.05, 4.69) is 245 Å². The molecule has 0 bridgehead atoms. The van der Waals surface area contributed by atoms with Crippen LogP contribution in [0.15, 0.2) is 315 Å². The third kappa shape index (κ3) is 9.33. The van der Waals surface area contributed by atoms with Crippen molar-refractivity contribution in [3.63, 3.8) is 0 Å². The van der Waals surface area contributed by atoms with Crippen molar-refractivity contribution in [1.29, 1.82) is 0 Å². The summed E-state index contributed by atoms with van der Waals surface area (Å²) in [5, 5.41) is 4.41. The summed E-state index contributed by atoms with van der Waals surface area (Å²) < 4.78 is 37.4. The monoisotopic (exact) mass is 1280 g/mol. The van der Waals surface area contributed by atoms with Gasteiger partial charge in [0.05, 0.1) is 11.4 Å². The molecule has 4 heteroatoms. The molecule has 0 unspecified atom stereocenters. The molecule has 15 aromatic rings. The average Bonchev–Trinajstić information content (AvgIpc) is 1.52. The number of hydrogen-bond donors (Lipinski definition) is 0. The van der Waals surface area contributed by atoms with Gasteiger partial charge in [-0.3, -0.25) is 0 Å². The van der Waals surface area contributed by atoms with Gasteiger partial charge in [0.25, 0.3) is 0 Å². The molecule has 0 aromatic heterocycles. The summed E-state index contributed by atoms with van der Waals surface area (Å²) in [4.78, 5) is 4.34. The number of benzene rings is 15. The molecule has 0 N–H and O–H groups in total. The second kappa shape index (κ2) is 22.7. The van der Waals surface area contributed by atoms with Crippen molar-refractivity contribution in [2.75, 3.05) is 9.80 Å². The van der Waals surface area contributed by atoms with Crippen molar-refractivity contribution < 1.29 is 8.78 Å². The number of fused-ring (bicyclic) bond motifs is 10. The van der Waals surface area contributed by atoms with Gasteiger partial charge in [-0.25, -0.2) is 8.78 Å². The van der Waals surface area contributed by atoms with E-state index in [0.717, 1.165) is 100 Å². The molecule has 3 aliphatic carbocycles. The van der Waals surface area contributed by atoms with E-state index in [1.165, 1.54) is 55.5 Å². The van der Waals surface area contributed by atoms with E-state index in [4.69, 9.17) is 0 Å². The molecule has 0 spiro atoms. The molecule has 99 heavy (non-hydrogen) atoms. The first kappa shape index (κ1) is 59.7. The molecule has 0 heterocycles. The van der Waals surface area contributed by atoms with Gasteiger partial charge in [-0.1, -0.05) is 284 Å². The molecule has 18 rings (SSSR count). The Bertz CT molecular complexity index is 5780. The highest BCUT2D eigenvalue weighted by molar-refractivity contribution is 6.24. The molecule has 474 valence electrons. The van der Waals surface area contributed by atoms with Crippen LogP contribution in [0.25, 0.3) is 111 Å². The van der Waals surface area contributed by atoms with E-state index in [9.17, 15) is 0 Å². The Morgan fingerprint density at radius 3 is 1.04 bits per heavy atom. The van der Waals surface area contributed by atoms with Gasteiger partial charge in [-0.15, -0.1) is 0 Å². The second-order valence-corrected chi connectivity index (χ2v) is 28.6. The second-order valence-electron chi connectivity index (χ2n) is 28.6. The molecule has 0 saturated carbocycles. The maximum Gasteiger partial charge on any atom is 0.155 e. The molecular weight excluding hydrogens is 1210 g/mol. The molecule has 2 nitrogen and oxygen atoms in total. The van der Waals surface area contributed by atoms with Crippen LogP contribution in [0.3, 0.4) is 0 Å². The van der Waals surface area contributed by atoms with Crippen molar-refractivity contribution >= 4 is 55.7 Å². The summed E-state index contributed by atoms with van der Waals surface area (Å²) in [6.07, 6.45) is 0. The van der Waals surface area contributed by atoms with E-state index < -0.39 is 5.41 Å². The Morgan fingerprint density at radius 2 is 0.576 bits per heavy atom. The third-order valence-corrected chi connectivity index (χ3v) is 21.9. The molecule has 0 fully saturated rings. The molecule has 0 amide bonds. The molecule has 0 saturated heterocycles. The Morgan fingerprint density at radius 1 is 0.222 bits per heavy atom. The molecule has 0 aliphatic heterocycles. The average molecular weight is 1280 g/mol. The number of rotatable bonds is 11. The summed E-state index contributed by atoms with van der Waals surface area (Å²) in [5.41, 5.74) is 26.1. The maximum atomic E-state index is 18.7. The third-order valence-electron chi connectivity index (χ3n) is 21.9. The zero-order valence-electron chi connectivity index (χ0n) is 56.2. The van der Waals surface area contributed by atoms with Crippen LogP contribution in [0.2, 0.25) is 0 Å². The van der Waals surface area contributed by atoms with E-state index in [-0.39, 0.29) is 22.5 Å². The van der Waals surface area contributed by atoms with Crippen molar-refractivity contribution in [1.82, 2.24) is 0 Å². The van der Waals surface area contributed by atoms with Crippen molar-refractivity contribution in [2.45, 2.75) is 57.8 Å². The minimum absolute atomic E-state index is 0.305. The molecule has 0 atom stereocenters. The van der Waals surface area contributed by atoms with E-state index in [1.54, 1.807) is 0 Å². The van der Waals surface area contributed by atoms with Gasteiger partial charge in [-0.05, 0) is 206 Å². The minimum atomic E-state index is -0.584. The molecule has 15 aromatic carbocycles. The van der Waals surface area contributed by atoms with Crippen molar-refractivity contribution in [2.24, 2.45) is 0 Å². The number of nitrogens with zero attached hydrogens (tertiary/aromatic N) is 2. The van der Waals surface area contributed by atoms with Gasteiger partial charge >= 0.3 is 0 Å². The Labute approximate surface area is 578 Å². The largest absolute Gasteiger partial charge is 0.308 e. The Balaban J connectivity index is 0.879. The van der Waals surface area contributed by atoms with Gasteiger partial charge in [0.15, 0.2) is 11.6 Å². The highest BCUT2D eigenvalue weighted by atomic mass is 19.1. The van der Waals surface area contributed by atoms with E-state index >= 15 is 8.78 Å². The highest BCUT2D eigenvalue weighted by Crippen LogP contribution is 2.59. The number of hydrogen-bond acceptors (Lipinski definition) is 2. The van der Waals surface area contributed by atoms with Crippen molar-refractivity contribution in [3.8, 4) is 89.0 Å². The maximum absolute atomic E-state index is 18.7. The highest BCUT2D eigenvalue weighted by Gasteiger charge is 2.41. The van der Waals surface area contributed by atoms with Gasteiger partial charge in [0, 0.05) is 50.1 Å². The number of anilines is 6. The lowest BCUT2D eigenvalue weighted by Gasteiger charge is -2.38. The summed E-state index contributed by atoms with van der Waals surface area (Å²) >= 11 is 0. The lowest BCUT2D eigenvalue weighted by molar-refractivity contribution is 0.631. The van der Waals surface area contributed by atoms with Gasteiger partial charge < -0.3 is 9.80 Å². The topological polar surface area (TPSA) is 6.48 Å². The predicted molar refractivity (Wildman–Crippen MR) is 411 cm³/mol. The fraction of sp³-hybridized carbons (Fsp3) is 0.0947. The summed E-state index contributed by atoms with van der Waals surface area (Å²) in [7, 11) is 0. The normalized spacial score (nSPS) is 13.9. The zero-order valence-corrected chi connectivity index (χ0v) is 56.2. The van der Waals surface area contributed by atoms with Crippen LogP contribution in [-0.2, 0) is 16.2 Å². The molecule has 0 radical (unpaired) electrons. The van der Waals surface area contributed by atoms with Crippen LogP contribution >= 0.6 is 0 Å². The van der Waals surface area contributed by atoms with Crippen LogP contribution in [0.1, 0.15) is 74.9 Å². The first-order valence-corrected chi connectivity index (χ1v) is 34.4. The zero-order chi connectivity index (χ0) is 67.1. The Kier molecular flexibility index (Phi) is 13.7. The van der Waals surface area contributed by atoms with E-state index in [1.807, 2.05) is 121 Å². The summed E-state index contributed by atoms with van der Waals surface area (Å²) in [6, 6.07) is 111. The van der Waals surface area contributed by atoms with E-state index in [0.29, 0.717) is 22.5 Å². The first-order chi connectivity index (χ1) is 48.2. The summed E-state index contributed by atoms with van der Waals surface area (Å²) in [5.74, 6) is -0.614. The van der Waals surface area contributed by atoms with Crippen LogP contribution in [0.4, 0.5) is 42.9 Å². The van der Waals surface area contributed by atoms with Gasteiger partial charge in [0.1, 0.15) is 0 Å². The smallest absolute Gasteiger partial charge is 0.155 e. The predicted octanol–water partition coefficient (Wildman–Crippen LogP) is 26.5. The lowest BCUT2D eigenvalue weighted by atomic mass is 9.66. The van der Waals surface area contributed by atoms with Gasteiger partial charge in [-0.2, -0.15) is 0 Å². The summed E-state index contributed by atoms with van der Waals surface area (Å²) in [6.45, 7) is 13.9. The quantitative estimate of drug-likeness (QED) is 0.119.